The second kappa shape index (κ2) is 5.00. The summed E-state index contributed by atoms with van der Waals surface area (Å²) in [6.45, 7) is 0. The summed E-state index contributed by atoms with van der Waals surface area (Å²) in [5, 5.41) is 18.5. The number of hydrogen-bond donors (Lipinski definition) is 3. The first-order valence-electron chi connectivity index (χ1n) is 4.82. The minimum absolute atomic E-state index is 0.373. The molecule has 4 N–H and O–H groups in total. The van der Waals surface area contributed by atoms with Gasteiger partial charge in [0.05, 0.1) is 5.60 Å². The molecular formula is C9H17NO3S. The van der Waals surface area contributed by atoms with Crippen LogP contribution in [-0.4, -0.2) is 39.3 Å². The van der Waals surface area contributed by atoms with Crippen LogP contribution in [0, 0.1) is 0 Å². The number of carbonyl (C=O) groups is 1. The van der Waals surface area contributed by atoms with Crippen LogP contribution in [0.4, 0.5) is 0 Å². The molecule has 14 heavy (non-hydrogen) atoms. The highest BCUT2D eigenvalue weighted by Gasteiger charge is 2.31. The lowest BCUT2D eigenvalue weighted by Gasteiger charge is -2.21. The zero-order valence-electron chi connectivity index (χ0n) is 8.11. The molecule has 0 aromatic rings. The molecule has 1 saturated carbocycles. The molecular weight excluding hydrogens is 202 g/mol. The smallest absolute Gasteiger partial charge is 0.321 e. The highest BCUT2D eigenvalue weighted by molar-refractivity contribution is 7.99. The number of carboxylic acids is 1. The van der Waals surface area contributed by atoms with Gasteiger partial charge in [-0.15, -0.1) is 0 Å². The third-order valence-corrected chi connectivity index (χ3v) is 3.86. The Kier molecular flexibility index (Phi) is 4.22. The maximum atomic E-state index is 10.4. The van der Waals surface area contributed by atoms with E-state index < -0.39 is 17.6 Å². The second-order valence-electron chi connectivity index (χ2n) is 3.89. The Morgan fingerprint density at radius 2 is 2.07 bits per heavy atom. The Morgan fingerprint density at radius 3 is 2.57 bits per heavy atom. The predicted octanol–water partition coefficient (Wildman–Crippen LogP) is 0.437. The minimum Gasteiger partial charge on any atom is -0.480 e. The quantitative estimate of drug-likeness (QED) is 0.625. The lowest BCUT2D eigenvalue weighted by Crippen LogP contribution is -2.34. The molecule has 0 unspecified atom stereocenters. The van der Waals surface area contributed by atoms with E-state index in [0.717, 1.165) is 25.7 Å². The highest BCUT2D eigenvalue weighted by atomic mass is 32.2. The van der Waals surface area contributed by atoms with Crippen molar-refractivity contribution in [1.82, 2.24) is 0 Å². The molecule has 1 aliphatic carbocycles. The number of nitrogens with two attached hydrogens (primary N) is 1. The Bertz CT molecular complexity index is 204. The first kappa shape index (κ1) is 11.8. The van der Waals surface area contributed by atoms with Gasteiger partial charge in [0.2, 0.25) is 0 Å². The van der Waals surface area contributed by atoms with E-state index in [2.05, 4.69) is 0 Å². The molecule has 0 aromatic heterocycles. The number of aliphatic hydroxyl groups is 1. The molecule has 0 aliphatic heterocycles. The summed E-state index contributed by atoms with van der Waals surface area (Å²) in [5.74, 6) is 0.00179. The fourth-order valence-corrected chi connectivity index (χ4v) is 2.81. The topological polar surface area (TPSA) is 83.5 Å². The molecule has 82 valence electrons. The van der Waals surface area contributed by atoms with Crippen LogP contribution in [0.25, 0.3) is 0 Å². The highest BCUT2D eigenvalue weighted by Crippen LogP contribution is 2.32. The van der Waals surface area contributed by atoms with Crippen LogP contribution < -0.4 is 5.73 Å². The lowest BCUT2D eigenvalue weighted by atomic mass is 10.1. The van der Waals surface area contributed by atoms with E-state index in [9.17, 15) is 9.90 Å². The number of thioether (sulfide) groups is 1. The van der Waals surface area contributed by atoms with Crippen LogP contribution in [0.2, 0.25) is 0 Å². The average molecular weight is 219 g/mol. The van der Waals surface area contributed by atoms with Crippen LogP contribution in [0.1, 0.15) is 25.7 Å². The van der Waals surface area contributed by atoms with Crippen LogP contribution >= 0.6 is 11.8 Å². The molecule has 1 fully saturated rings. The van der Waals surface area contributed by atoms with Gasteiger partial charge in [0, 0.05) is 11.5 Å². The summed E-state index contributed by atoms with van der Waals surface area (Å²) in [6, 6.07) is -0.815. The van der Waals surface area contributed by atoms with Crippen molar-refractivity contribution in [2.24, 2.45) is 5.73 Å². The largest absolute Gasteiger partial charge is 0.480 e. The van der Waals surface area contributed by atoms with Crippen LogP contribution in [0.5, 0.6) is 0 Å². The van der Waals surface area contributed by atoms with Gasteiger partial charge in [0.25, 0.3) is 0 Å². The van der Waals surface area contributed by atoms with Crippen molar-refractivity contribution in [1.29, 1.82) is 0 Å². The number of carboxylic acid groups (broad SMARTS) is 1. The van der Waals surface area contributed by atoms with E-state index in [1.165, 1.54) is 11.8 Å². The molecule has 1 aliphatic rings. The van der Waals surface area contributed by atoms with Crippen LogP contribution in [-0.2, 0) is 4.79 Å². The summed E-state index contributed by atoms with van der Waals surface area (Å²) in [6.07, 6.45) is 3.81. The third-order valence-electron chi connectivity index (χ3n) is 2.52. The van der Waals surface area contributed by atoms with Gasteiger partial charge in [-0.25, -0.2) is 0 Å². The number of rotatable bonds is 5. The molecule has 0 spiro atoms. The first-order valence-corrected chi connectivity index (χ1v) is 5.97. The van der Waals surface area contributed by atoms with E-state index in [1.54, 1.807) is 0 Å². The van der Waals surface area contributed by atoms with E-state index >= 15 is 0 Å². The Hall–Kier alpha value is -0.260. The monoisotopic (exact) mass is 219 g/mol. The molecule has 1 rings (SSSR count). The van der Waals surface area contributed by atoms with Crippen LogP contribution in [0.15, 0.2) is 0 Å². The summed E-state index contributed by atoms with van der Waals surface area (Å²) >= 11 is 1.43. The Labute approximate surface area is 87.9 Å². The summed E-state index contributed by atoms with van der Waals surface area (Å²) < 4.78 is 0. The van der Waals surface area contributed by atoms with Crippen molar-refractivity contribution in [3.05, 3.63) is 0 Å². The van der Waals surface area contributed by atoms with Crippen molar-refractivity contribution in [2.75, 3.05) is 11.5 Å². The van der Waals surface area contributed by atoms with Gasteiger partial charge in [0.15, 0.2) is 0 Å². The molecule has 5 heteroatoms. The third kappa shape index (κ3) is 3.48. The maximum Gasteiger partial charge on any atom is 0.321 e. The fourth-order valence-electron chi connectivity index (χ4n) is 1.62. The van der Waals surface area contributed by atoms with Gasteiger partial charge >= 0.3 is 5.97 Å². The second-order valence-corrected chi connectivity index (χ2v) is 4.92. The van der Waals surface area contributed by atoms with Crippen LogP contribution in [0.3, 0.4) is 0 Å². The molecule has 0 saturated heterocycles. The molecule has 0 heterocycles. The van der Waals surface area contributed by atoms with E-state index in [0.29, 0.717) is 11.5 Å². The normalized spacial score (nSPS) is 22.1. The van der Waals surface area contributed by atoms with Crippen molar-refractivity contribution >= 4 is 17.7 Å². The average Bonchev–Trinajstić information content (AvgIpc) is 2.52. The van der Waals surface area contributed by atoms with Gasteiger partial charge in [0.1, 0.15) is 6.04 Å². The first-order chi connectivity index (χ1) is 6.53. The molecule has 4 nitrogen and oxygen atoms in total. The predicted molar refractivity (Wildman–Crippen MR) is 56.4 cm³/mol. The van der Waals surface area contributed by atoms with Crippen molar-refractivity contribution in [3.63, 3.8) is 0 Å². The van der Waals surface area contributed by atoms with Crippen molar-refractivity contribution < 1.29 is 15.0 Å². The molecule has 0 bridgehead atoms. The van der Waals surface area contributed by atoms with Gasteiger partial charge in [-0.2, -0.15) is 11.8 Å². The van der Waals surface area contributed by atoms with Crippen molar-refractivity contribution in [3.8, 4) is 0 Å². The Morgan fingerprint density at radius 1 is 1.50 bits per heavy atom. The molecule has 0 radical (unpaired) electrons. The zero-order chi connectivity index (χ0) is 10.6. The fraction of sp³-hybridized carbons (Fsp3) is 0.889. The van der Waals surface area contributed by atoms with Gasteiger partial charge in [-0.3, -0.25) is 4.79 Å². The number of hydrogen-bond acceptors (Lipinski definition) is 4. The number of aliphatic carboxylic acids is 1. The molecule has 1 atom stereocenters. The standard InChI is InChI=1S/C9H17NO3S/c10-7(8(11)12)5-14-6-9(13)3-1-2-4-9/h7,13H,1-6,10H2,(H,11,12)/t7-/m1/s1. The van der Waals surface area contributed by atoms with Gasteiger partial charge in [-0.05, 0) is 12.8 Å². The Balaban J connectivity index is 2.17. The molecule has 0 aromatic carbocycles. The SMILES string of the molecule is N[C@H](CSCC1(O)CCCC1)C(=O)O. The van der Waals surface area contributed by atoms with Crippen molar-refractivity contribution in [2.45, 2.75) is 37.3 Å². The van der Waals surface area contributed by atoms with E-state index in [4.69, 9.17) is 10.8 Å². The maximum absolute atomic E-state index is 10.4. The van der Waals surface area contributed by atoms with Gasteiger partial charge < -0.3 is 15.9 Å². The minimum atomic E-state index is -0.976. The summed E-state index contributed by atoms with van der Waals surface area (Å²) in [5.41, 5.74) is 4.78. The zero-order valence-corrected chi connectivity index (χ0v) is 8.92. The van der Waals surface area contributed by atoms with E-state index in [-0.39, 0.29) is 0 Å². The van der Waals surface area contributed by atoms with E-state index in [1.807, 2.05) is 0 Å². The summed E-state index contributed by atoms with van der Waals surface area (Å²) in [4.78, 5) is 10.4. The lowest BCUT2D eigenvalue weighted by molar-refractivity contribution is -0.137. The molecule has 0 amide bonds. The van der Waals surface area contributed by atoms with Gasteiger partial charge in [-0.1, -0.05) is 12.8 Å². The summed E-state index contributed by atoms with van der Waals surface area (Å²) in [7, 11) is 0.